The molecule has 3 aliphatic carbocycles. The molecule has 23 heavy (non-hydrogen) atoms. The zero-order chi connectivity index (χ0) is 15.8. The van der Waals surface area contributed by atoms with Crippen molar-refractivity contribution < 1.29 is 9.53 Å². The van der Waals surface area contributed by atoms with Crippen molar-refractivity contribution in [3.8, 4) is 5.75 Å². The summed E-state index contributed by atoms with van der Waals surface area (Å²) in [5.74, 6) is 4.25. The molecule has 3 aliphatic rings. The quantitative estimate of drug-likeness (QED) is 0.847. The highest BCUT2D eigenvalue weighted by Gasteiger charge is 2.53. The first-order valence-electron chi connectivity index (χ1n) is 8.99. The van der Waals surface area contributed by atoms with E-state index >= 15 is 0 Å². The summed E-state index contributed by atoms with van der Waals surface area (Å²) < 4.78 is 5.76. The third-order valence-electron chi connectivity index (χ3n) is 6.26. The Labute approximate surface area is 137 Å². The molecule has 3 saturated carbocycles. The van der Waals surface area contributed by atoms with Crippen LogP contribution in [0.1, 0.15) is 38.5 Å². The monoisotopic (exact) mass is 314 g/mol. The molecule has 5 atom stereocenters. The molecule has 1 amide bonds. The lowest BCUT2D eigenvalue weighted by Crippen LogP contribution is -2.34. The fourth-order valence-electron chi connectivity index (χ4n) is 5.41. The average Bonchev–Trinajstić information content (AvgIpc) is 3.20. The van der Waals surface area contributed by atoms with Gasteiger partial charge in [0.25, 0.3) is 0 Å². The molecule has 3 N–H and O–H groups in total. The molecule has 5 unspecified atom stereocenters. The molecule has 0 radical (unpaired) electrons. The van der Waals surface area contributed by atoms with Crippen molar-refractivity contribution in [3.05, 3.63) is 24.3 Å². The van der Waals surface area contributed by atoms with Crippen LogP contribution in [0.25, 0.3) is 0 Å². The number of nitrogens with one attached hydrogen (secondary N) is 1. The molecule has 0 aromatic heterocycles. The number of anilines is 1. The lowest BCUT2D eigenvalue weighted by Gasteiger charge is -2.33. The van der Waals surface area contributed by atoms with E-state index in [4.69, 9.17) is 10.5 Å². The molecule has 3 fully saturated rings. The van der Waals surface area contributed by atoms with Gasteiger partial charge in [-0.2, -0.15) is 0 Å². The van der Waals surface area contributed by atoms with Gasteiger partial charge in [0.1, 0.15) is 5.75 Å². The summed E-state index contributed by atoms with van der Waals surface area (Å²) >= 11 is 0. The van der Waals surface area contributed by atoms with Crippen LogP contribution >= 0.6 is 0 Å². The maximum atomic E-state index is 10.9. The zero-order valence-electron chi connectivity index (χ0n) is 13.5. The van der Waals surface area contributed by atoms with Gasteiger partial charge in [-0.15, -0.1) is 0 Å². The number of benzene rings is 1. The second-order valence-corrected chi connectivity index (χ2v) is 7.47. The predicted octanol–water partition coefficient (Wildman–Crippen LogP) is 3.18. The van der Waals surface area contributed by atoms with Crippen LogP contribution in [0.15, 0.2) is 24.3 Å². The first kappa shape index (κ1) is 14.9. The van der Waals surface area contributed by atoms with Gasteiger partial charge < -0.3 is 15.8 Å². The Morgan fingerprint density at radius 2 is 2.00 bits per heavy atom. The van der Waals surface area contributed by atoms with Crippen LogP contribution in [-0.2, 0) is 4.79 Å². The van der Waals surface area contributed by atoms with Crippen LogP contribution in [0.2, 0.25) is 0 Å². The molecule has 2 bridgehead atoms. The molecular formula is C19H26N2O2. The minimum absolute atomic E-state index is 0.256. The number of ether oxygens (including phenoxy) is 1. The van der Waals surface area contributed by atoms with Crippen molar-refractivity contribution >= 4 is 11.6 Å². The van der Waals surface area contributed by atoms with Crippen LogP contribution in [0, 0.1) is 23.7 Å². The number of carbonyl (C=O) groups excluding carboxylic acids is 1. The van der Waals surface area contributed by atoms with Gasteiger partial charge in [-0.1, -0.05) is 18.6 Å². The first-order chi connectivity index (χ1) is 11.2. The number of para-hydroxylation sites is 2. The van der Waals surface area contributed by atoms with E-state index in [-0.39, 0.29) is 12.3 Å². The summed E-state index contributed by atoms with van der Waals surface area (Å²) in [5.41, 5.74) is 6.24. The standard InChI is InChI=1S/C19H26N2O2/c20-19(22)8-9-23-18-7-2-1-6-16(18)21-17-11-12-10-15(17)14-5-3-4-13(12)14/h1-2,6-7,12-15,17,21H,3-5,8-11H2,(H2,20,22). The van der Waals surface area contributed by atoms with Crippen molar-refractivity contribution in [1.82, 2.24) is 0 Å². The van der Waals surface area contributed by atoms with E-state index in [1.807, 2.05) is 18.2 Å². The Hall–Kier alpha value is -1.71. The Kier molecular flexibility index (Phi) is 3.92. The molecule has 4 rings (SSSR count). The van der Waals surface area contributed by atoms with Gasteiger partial charge in [0.2, 0.25) is 5.91 Å². The molecule has 4 heteroatoms. The normalized spacial score (nSPS) is 34.3. The van der Waals surface area contributed by atoms with Crippen LogP contribution in [0.5, 0.6) is 5.75 Å². The maximum Gasteiger partial charge on any atom is 0.220 e. The van der Waals surface area contributed by atoms with E-state index in [1.54, 1.807) is 0 Å². The van der Waals surface area contributed by atoms with Gasteiger partial charge >= 0.3 is 0 Å². The summed E-state index contributed by atoms with van der Waals surface area (Å²) in [6.45, 7) is 0.343. The fourth-order valence-corrected chi connectivity index (χ4v) is 5.41. The third kappa shape index (κ3) is 2.79. The highest BCUT2D eigenvalue weighted by molar-refractivity contribution is 5.73. The molecule has 0 aliphatic heterocycles. The lowest BCUT2D eigenvalue weighted by atomic mass is 9.79. The Morgan fingerprint density at radius 3 is 2.87 bits per heavy atom. The number of amides is 1. The second-order valence-electron chi connectivity index (χ2n) is 7.47. The lowest BCUT2D eigenvalue weighted by molar-refractivity contribution is -0.118. The Balaban J connectivity index is 1.42. The SMILES string of the molecule is NC(=O)CCOc1ccccc1NC1CC2CC1C1CCCC21. The van der Waals surface area contributed by atoms with E-state index in [0.717, 1.165) is 35.1 Å². The Bertz CT molecular complexity index is 588. The van der Waals surface area contributed by atoms with Gasteiger partial charge in [-0.05, 0) is 61.5 Å². The number of hydrogen-bond acceptors (Lipinski definition) is 3. The molecule has 0 saturated heterocycles. The molecular weight excluding hydrogens is 288 g/mol. The smallest absolute Gasteiger partial charge is 0.220 e. The average molecular weight is 314 g/mol. The van der Waals surface area contributed by atoms with Crippen molar-refractivity contribution in [1.29, 1.82) is 0 Å². The van der Waals surface area contributed by atoms with Gasteiger partial charge in [0.15, 0.2) is 0 Å². The van der Waals surface area contributed by atoms with Gasteiger partial charge in [0.05, 0.1) is 18.7 Å². The molecule has 1 aromatic rings. The van der Waals surface area contributed by atoms with Crippen LogP contribution in [-0.4, -0.2) is 18.6 Å². The summed E-state index contributed by atoms with van der Waals surface area (Å²) in [5, 5.41) is 3.75. The van der Waals surface area contributed by atoms with E-state index in [2.05, 4.69) is 11.4 Å². The molecule has 0 heterocycles. The molecule has 124 valence electrons. The predicted molar refractivity (Wildman–Crippen MR) is 90.2 cm³/mol. The van der Waals surface area contributed by atoms with E-state index < -0.39 is 0 Å². The number of fused-ring (bicyclic) bond motifs is 5. The van der Waals surface area contributed by atoms with Crippen LogP contribution < -0.4 is 15.8 Å². The van der Waals surface area contributed by atoms with Crippen molar-refractivity contribution in [3.63, 3.8) is 0 Å². The minimum Gasteiger partial charge on any atom is -0.491 e. The third-order valence-corrected chi connectivity index (χ3v) is 6.26. The van der Waals surface area contributed by atoms with E-state index in [0.29, 0.717) is 12.6 Å². The number of carbonyl (C=O) groups is 1. The molecule has 0 spiro atoms. The summed E-state index contributed by atoms with van der Waals surface area (Å²) in [7, 11) is 0. The number of hydrogen-bond donors (Lipinski definition) is 2. The van der Waals surface area contributed by atoms with Crippen molar-refractivity contribution in [2.75, 3.05) is 11.9 Å². The fraction of sp³-hybridized carbons (Fsp3) is 0.632. The molecule has 4 nitrogen and oxygen atoms in total. The first-order valence-corrected chi connectivity index (χ1v) is 8.99. The number of primary amides is 1. The summed E-state index contributed by atoms with van der Waals surface area (Å²) in [4.78, 5) is 10.9. The van der Waals surface area contributed by atoms with Crippen molar-refractivity contribution in [2.45, 2.75) is 44.6 Å². The summed E-state index contributed by atoms with van der Waals surface area (Å²) in [6.07, 6.45) is 7.30. The largest absolute Gasteiger partial charge is 0.491 e. The van der Waals surface area contributed by atoms with Crippen LogP contribution in [0.3, 0.4) is 0 Å². The zero-order valence-corrected chi connectivity index (χ0v) is 13.5. The second kappa shape index (κ2) is 6.06. The summed E-state index contributed by atoms with van der Waals surface area (Å²) in [6, 6.07) is 8.64. The van der Waals surface area contributed by atoms with E-state index in [9.17, 15) is 4.79 Å². The highest BCUT2D eigenvalue weighted by atomic mass is 16.5. The van der Waals surface area contributed by atoms with Gasteiger partial charge in [0, 0.05) is 6.04 Å². The van der Waals surface area contributed by atoms with Gasteiger partial charge in [-0.3, -0.25) is 4.79 Å². The number of rotatable bonds is 6. The topological polar surface area (TPSA) is 64.4 Å². The minimum atomic E-state index is -0.323. The van der Waals surface area contributed by atoms with E-state index in [1.165, 1.54) is 32.1 Å². The van der Waals surface area contributed by atoms with Gasteiger partial charge in [-0.25, -0.2) is 0 Å². The van der Waals surface area contributed by atoms with Crippen molar-refractivity contribution in [2.24, 2.45) is 29.4 Å². The maximum absolute atomic E-state index is 10.9. The molecule has 1 aromatic carbocycles. The Morgan fingerprint density at radius 1 is 1.17 bits per heavy atom. The highest BCUT2D eigenvalue weighted by Crippen LogP contribution is 2.59. The van der Waals surface area contributed by atoms with Crippen LogP contribution in [0.4, 0.5) is 5.69 Å². The number of nitrogens with two attached hydrogens (primary N) is 1.